The SMILES string of the molecule is CC(c1ccccc1)C(CN)NCCCO. The zero-order valence-corrected chi connectivity index (χ0v) is 9.89. The number of benzene rings is 1. The molecule has 0 saturated carbocycles. The topological polar surface area (TPSA) is 58.3 Å². The summed E-state index contributed by atoms with van der Waals surface area (Å²) in [5.74, 6) is 0.393. The molecule has 4 N–H and O–H groups in total. The minimum Gasteiger partial charge on any atom is -0.396 e. The fourth-order valence-corrected chi connectivity index (χ4v) is 1.82. The summed E-state index contributed by atoms with van der Waals surface area (Å²) in [4.78, 5) is 0. The molecule has 0 aromatic heterocycles. The van der Waals surface area contributed by atoms with Crippen molar-refractivity contribution in [3.8, 4) is 0 Å². The third-order valence-corrected chi connectivity index (χ3v) is 2.92. The maximum atomic E-state index is 8.74. The van der Waals surface area contributed by atoms with E-state index in [-0.39, 0.29) is 12.6 Å². The molecule has 0 aliphatic heterocycles. The summed E-state index contributed by atoms with van der Waals surface area (Å²) < 4.78 is 0. The number of hydrogen-bond acceptors (Lipinski definition) is 3. The molecular formula is C13H22N2O. The second kappa shape index (κ2) is 7.39. The Morgan fingerprint density at radius 2 is 2.00 bits per heavy atom. The van der Waals surface area contributed by atoms with E-state index in [4.69, 9.17) is 10.8 Å². The lowest BCUT2D eigenvalue weighted by Gasteiger charge is -2.24. The van der Waals surface area contributed by atoms with Gasteiger partial charge in [0.05, 0.1) is 0 Å². The number of nitrogens with two attached hydrogens (primary N) is 1. The van der Waals surface area contributed by atoms with Gasteiger partial charge >= 0.3 is 0 Å². The summed E-state index contributed by atoms with van der Waals surface area (Å²) in [5.41, 5.74) is 7.07. The quantitative estimate of drug-likeness (QED) is 0.605. The van der Waals surface area contributed by atoms with E-state index in [1.807, 2.05) is 18.2 Å². The Labute approximate surface area is 97.7 Å². The van der Waals surface area contributed by atoms with E-state index in [0.29, 0.717) is 12.5 Å². The first-order valence-electron chi connectivity index (χ1n) is 5.88. The molecule has 2 unspecified atom stereocenters. The molecule has 0 amide bonds. The highest BCUT2D eigenvalue weighted by molar-refractivity contribution is 5.20. The average Bonchev–Trinajstić information content (AvgIpc) is 2.35. The Morgan fingerprint density at radius 1 is 1.31 bits per heavy atom. The van der Waals surface area contributed by atoms with Crippen LogP contribution in [0.15, 0.2) is 30.3 Å². The van der Waals surface area contributed by atoms with Crippen molar-refractivity contribution >= 4 is 0 Å². The first-order valence-corrected chi connectivity index (χ1v) is 5.88. The number of rotatable bonds is 7. The van der Waals surface area contributed by atoms with Crippen LogP contribution in [0.4, 0.5) is 0 Å². The molecule has 0 aliphatic rings. The molecule has 2 atom stereocenters. The van der Waals surface area contributed by atoms with Crippen LogP contribution in [-0.4, -0.2) is 30.8 Å². The van der Waals surface area contributed by atoms with Gasteiger partial charge in [-0.05, 0) is 24.4 Å². The molecule has 0 spiro atoms. The van der Waals surface area contributed by atoms with Crippen molar-refractivity contribution in [1.82, 2.24) is 5.32 Å². The maximum absolute atomic E-state index is 8.74. The summed E-state index contributed by atoms with van der Waals surface area (Å²) in [5, 5.41) is 12.1. The largest absolute Gasteiger partial charge is 0.396 e. The fraction of sp³-hybridized carbons (Fsp3) is 0.538. The molecule has 0 heterocycles. The highest BCUT2D eigenvalue weighted by Gasteiger charge is 2.16. The average molecular weight is 222 g/mol. The van der Waals surface area contributed by atoms with E-state index >= 15 is 0 Å². The van der Waals surface area contributed by atoms with Crippen molar-refractivity contribution in [2.75, 3.05) is 19.7 Å². The van der Waals surface area contributed by atoms with Crippen LogP contribution >= 0.6 is 0 Å². The van der Waals surface area contributed by atoms with Gasteiger partial charge in [0, 0.05) is 19.2 Å². The van der Waals surface area contributed by atoms with Crippen molar-refractivity contribution in [3.05, 3.63) is 35.9 Å². The van der Waals surface area contributed by atoms with E-state index in [0.717, 1.165) is 13.0 Å². The van der Waals surface area contributed by atoms with Crippen molar-refractivity contribution in [3.63, 3.8) is 0 Å². The highest BCUT2D eigenvalue weighted by Crippen LogP contribution is 2.18. The summed E-state index contributed by atoms with van der Waals surface area (Å²) in [6.45, 7) is 3.83. The van der Waals surface area contributed by atoms with Gasteiger partial charge in [-0.2, -0.15) is 0 Å². The molecule has 3 heteroatoms. The smallest absolute Gasteiger partial charge is 0.0443 e. The van der Waals surface area contributed by atoms with Crippen LogP contribution < -0.4 is 11.1 Å². The van der Waals surface area contributed by atoms with Crippen LogP contribution in [-0.2, 0) is 0 Å². The van der Waals surface area contributed by atoms with Gasteiger partial charge in [-0.15, -0.1) is 0 Å². The van der Waals surface area contributed by atoms with E-state index in [1.54, 1.807) is 0 Å². The number of aliphatic hydroxyl groups is 1. The highest BCUT2D eigenvalue weighted by atomic mass is 16.3. The minimum atomic E-state index is 0.226. The monoisotopic (exact) mass is 222 g/mol. The molecule has 0 aliphatic carbocycles. The summed E-state index contributed by atoms with van der Waals surface area (Å²) >= 11 is 0. The summed E-state index contributed by atoms with van der Waals surface area (Å²) in [7, 11) is 0. The first-order chi connectivity index (χ1) is 7.79. The molecule has 3 nitrogen and oxygen atoms in total. The van der Waals surface area contributed by atoms with E-state index in [9.17, 15) is 0 Å². The predicted octanol–water partition coefficient (Wildman–Crippen LogP) is 1.09. The Kier molecular flexibility index (Phi) is 6.08. The normalized spacial score (nSPS) is 14.7. The molecule has 90 valence electrons. The Balaban J connectivity index is 2.52. The molecule has 1 aromatic rings. The van der Waals surface area contributed by atoms with Crippen LogP contribution in [0.2, 0.25) is 0 Å². The predicted molar refractivity (Wildman–Crippen MR) is 67.4 cm³/mol. The number of nitrogens with one attached hydrogen (secondary N) is 1. The van der Waals surface area contributed by atoms with Gasteiger partial charge in [0.2, 0.25) is 0 Å². The fourth-order valence-electron chi connectivity index (χ4n) is 1.82. The van der Waals surface area contributed by atoms with Crippen LogP contribution in [0.3, 0.4) is 0 Å². The number of hydrogen-bond donors (Lipinski definition) is 3. The van der Waals surface area contributed by atoms with E-state index < -0.39 is 0 Å². The molecule has 0 saturated heterocycles. The van der Waals surface area contributed by atoms with Gasteiger partial charge in [-0.25, -0.2) is 0 Å². The van der Waals surface area contributed by atoms with Crippen LogP contribution in [0.5, 0.6) is 0 Å². The molecule has 1 rings (SSSR count). The standard InChI is InChI=1S/C13H22N2O/c1-11(12-6-3-2-4-7-12)13(10-14)15-8-5-9-16/h2-4,6-7,11,13,15-16H,5,8-10,14H2,1H3. The summed E-state index contributed by atoms with van der Waals surface area (Å²) in [6, 6.07) is 10.6. The van der Waals surface area contributed by atoms with Crippen LogP contribution in [0.1, 0.15) is 24.8 Å². The van der Waals surface area contributed by atoms with Crippen LogP contribution in [0, 0.1) is 0 Å². The van der Waals surface area contributed by atoms with Gasteiger partial charge in [-0.3, -0.25) is 0 Å². The van der Waals surface area contributed by atoms with E-state index in [2.05, 4.69) is 24.4 Å². The first kappa shape index (κ1) is 13.2. The molecule has 0 radical (unpaired) electrons. The zero-order chi connectivity index (χ0) is 11.8. The van der Waals surface area contributed by atoms with Gasteiger partial charge in [0.25, 0.3) is 0 Å². The van der Waals surface area contributed by atoms with Crippen molar-refractivity contribution < 1.29 is 5.11 Å². The minimum absolute atomic E-state index is 0.226. The molecule has 0 fully saturated rings. The Hall–Kier alpha value is -0.900. The second-order valence-corrected chi connectivity index (χ2v) is 4.07. The van der Waals surface area contributed by atoms with Gasteiger partial charge < -0.3 is 16.2 Å². The lowest BCUT2D eigenvalue weighted by Crippen LogP contribution is -2.40. The van der Waals surface area contributed by atoms with Crippen LogP contribution in [0.25, 0.3) is 0 Å². The maximum Gasteiger partial charge on any atom is 0.0443 e. The Morgan fingerprint density at radius 3 is 2.56 bits per heavy atom. The van der Waals surface area contributed by atoms with Crippen molar-refractivity contribution in [2.45, 2.75) is 25.3 Å². The van der Waals surface area contributed by atoms with Gasteiger partial charge in [-0.1, -0.05) is 37.3 Å². The lowest BCUT2D eigenvalue weighted by atomic mass is 9.93. The number of aliphatic hydroxyl groups excluding tert-OH is 1. The lowest BCUT2D eigenvalue weighted by molar-refractivity contribution is 0.281. The van der Waals surface area contributed by atoms with Crippen molar-refractivity contribution in [1.29, 1.82) is 0 Å². The molecule has 16 heavy (non-hydrogen) atoms. The molecular weight excluding hydrogens is 200 g/mol. The molecule has 1 aromatic carbocycles. The third-order valence-electron chi connectivity index (χ3n) is 2.92. The summed E-state index contributed by atoms with van der Waals surface area (Å²) in [6.07, 6.45) is 0.776. The zero-order valence-electron chi connectivity index (χ0n) is 9.89. The second-order valence-electron chi connectivity index (χ2n) is 4.07. The van der Waals surface area contributed by atoms with Gasteiger partial charge in [0.15, 0.2) is 0 Å². The Bertz CT molecular complexity index is 277. The molecule has 0 bridgehead atoms. The van der Waals surface area contributed by atoms with Crippen molar-refractivity contribution in [2.24, 2.45) is 5.73 Å². The van der Waals surface area contributed by atoms with E-state index in [1.165, 1.54) is 5.56 Å². The third kappa shape index (κ3) is 3.93. The van der Waals surface area contributed by atoms with Gasteiger partial charge in [0.1, 0.15) is 0 Å².